The van der Waals surface area contributed by atoms with E-state index < -0.39 is 53.1 Å². The quantitative estimate of drug-likeness (QED) is 0.842. The summed E-state index contributed by atoms with van der Waals surface area (Å²) in [4.78, 5) is 14.3. The number of hydrogen-bond donors (Lipinski definition) is 2. The van der Waals surface area contributed by atoms with Gasteiger partial charge in [0.15, 0.2) is 0 Å². The first kappa shape index (κ1) is 15.6. The molecule has 2 atom stereocenters. The summed E-state index contributed by atoms with van der Waals surface area (Å²) in [5, 5.41) is 11.5. The van der Waals surface area contributed by atoms with Crippen molar-refractivity contribution in [3.63, 3.8) is 0 Å². The van der Waals surface area contributed by atoms with Crippen LogP contribution in [0, 0.1) is 0 Å². The number of nitrogens with zero attached hydrogens (tertiary/aromatic N) is 1. The highest BCUT2D eigenvalue weighted by Crippen LogP contribution is 2.53. The summed E-state index contributed by atoms with van der Waals surface area (Å²) in [6.45, 7) is 0. The number of halogens is 5. The lowest BCUT2D eigenvalue weighted by atomic mass is 9.69. The summed E-state index contributed by atoms with van der Waals surface area (Å²) < 4.78 is 66.4. The summed E-state index contributed by atoms with van der Waals surface area (Å²) in [6, 6.07) is -0.929. The van der Waals surface area contributed by atoms with E-state index in [2.05, 4.69) is 10.3 Å². The zero-order valence-corrected chi connectivity index (χ0v) is 10.7. The molecule has 0 spiro atoms. The molecular formula is C12H11F5N2O2. The molecule has 1 aliphatic carbocycles. The number of aromatic nitrogens is 1. The van der Waals surface area contributed by atoms with Crippen molar-refractivity contribution >= 4 is 5.97 Å². The van der Waals surface area contributed by atoms with E-state index in [9.17, 15) is 26.7 Å². The third-order valence-corrected chi connectivity index (χ3v) is 3.55. The Kier molecular flexibility index (Phi) is 3.64. The molecule has 1 fully saturated rings. The lowest BCUT2D eigenvalue weighted by Gasteiger charge is -2.45. The highest BCUT2D eigenvalue weighted by molar-refractivity contribution is 5.90. The minimum Gasteiger partial charge on any atom is -0.478 e. The highest BCUT2D eigenvalue weighted by Gasteiger charge is 2.59. The van der Waals surface area contributed by atoms with E-state index >= 15 is 0 Å². The van der Waals surface area contributed by atoms with Crippen LogP contribution < -0.4 is 5.32 Å². The number of rotatable bonds is 3. The van der Waals surface area contributed by atoms with Gasteiger partial charge < -0.3 is 10.4 Å². The van der Waals surface area contributed by atoms with Crippen molar-refractivity contribution in [3.05, 3.63) is 29.1 Å². The summed E-state index contributed by atoms with van der Waals surface area (Å²) in [5.74, 6) is -6.98. The third-order valence-electron chi connectivity index (χ3n) is 3.55. The standard InChI is InChI=1S/C12H11F5N2O2/c1-18-7-2-11(13,14)9(7)8-5(10(20)21)3-19-4-6(8)12(15,16)17/h3-4,7,9,18H,2H2,1H3,(H,20,21). The fourth-order valence-electron chi connectivity index (χ4n) is 2.55. The minimum atomic E-state index is -4.96. The summed E-state index contributed by atoms with van der Waals surface area (Å²) in [6.07, 6.45) is -4.57. The van der Waals surface area contributed by atoms with Gasteiger partial charge in [0.1, 0.15) is 0 Å². The Bertz CT molecular complexity index is 573. The van der Waals surface area contributed by atoms with Crippen LogP contribution in [0.5, 0.6) is 0 Å². The van der Waals surface area contributed by atoms with Gasteiger partial charge in [0.25, 0.3) is 5.92 Å². The lowest BCUT2D eigenvalue weighted by Crippen LogP contribution is -2.56. The molecule has 2 rings (SSSR count). The fourth-order valence-corrected chi connectivity index (χ4v) is 2.55. The van der Waals surface area contributed by atoms with Gasteiger partial charge >= 0.3 is 12.1 Å². The van der Waals surface area contributed by atoms with E-state index in [1.807, 2.05) is 0 Å². The Morgan fingerprint density at radius 3 is 2.48 bits per heavy atom. The Hall–Kier alpha value is -1.77. The number of likely N-dealkylation sites (N-methyl/N-ethyl adjacent to an activating group) is 1. The highest BCUT2D eigenvalue weighted by atomic mass is 19.4. The average Bonchev–Trinajstić information content (AvgIpc) is 2.34. The van der Waals surface area contributed by atoms with Crippen molar-refractivity contribution < 1.29 is 31.9 Å². The van der Waals surface area contributed by atoms with Gasteiger partial charge in [0, 0.05) is 24.9 Å². The molecule has 2 unspecified atom stereocenters. The van der Waals surface area contributed by atoms with Crippen molar-refractivity contribution in [2.45, 2.75) is 30.5 Å². The normalized spacial score (nSPS) is 24.5. The van der Waals surface area contributed by atoms with E-state index in [1.165, 1.54) is 7.05 Å². The molecular weight excluding hydrogens is 299 g/mol. The average molecular weight is 310 g/mol. The molecule has 0 radical (unpaired) electrons. The Morgan fingerprint density at radius 2 is 2.05 bits per heavy atom. The van der Waals surface area contributed by atoms with Crippen LogP contribution >= 0.6 is 0 Å². The molecule has 0 aliphatic heterocycles. The van der Waals surface area contributed by atoms with Crippen LogP contribution in [-0.4, -0.2) is 35.1 Å². The predicted octanol–water partition coefficient (Wildman–Crippen LogP) is 2.51. The zero-order chi connectivity index (χ0) is 16.0. The van der Waals surface area contributed by atoms with Crippen LogP contribution in [-0.2, 0) is 6.18 Å². The van der Waals surface area contributed by atoms with Gasteiger partial charge in [-0.1, -0.05) is 0 Å². The van der Waals surface area contributed by atoms with Crippen LogP contribution in [0.1, 0.15) is 33.8 Å². The molecule has 4 nitrogen and oxygen atoms in total. The first-order valence-electron chi connectivity index (χ1n) is 5.93. The number of alkyl halides is 5. The van der Waals surface area contributed by atoms with E-state index in [-0.39, 0.29) is 0 Å². The first-order chi connectivity index (χ1) is 9.59. The molecule has 0 saturated heterocycles. The molecule has 1 aromatic heterocycles. The smallest absolute Gasteiger partial charge is 0.418 e. The van der Waals surface area contributed by atoms with E-state index in [4.69, 9.17) is 5.11 Å². The Balaban J connectivity index is 2.67. The number of carboxylic acids is 1. The molecule has 0 amide bonds. The Morgan fingerprint density at radius 1 is 1.43 bits per heavy atom. The summed E-state index contributed by atoms with van der Waals surface area (Å²) in [7, 11) is 1.34. The van der Waals surface area contributed by atoms with E-state index in [1.54, 1.807) is 0 Å². The summed E-state index contributed by atoms with van der Waals surface area (Å²) >= 11 is 0. The van der Waals surface area contributed by atoms with E-state index in [0.717, 1.165) is 0 Å². The number of carboxylic acid groups (broad SMARTS) is 1. The van der Waals surface area contributed by atoms with Crippen LogP contribution in [0.15, 0.2) is 12.4 Å². The van der Waals surface area contributed by atoms with Gasteiger partial charge in [-0.25, -0.2) is 13.6 Å². The molecule has 2 N–H and O–H groups in total. The van der Waals surface area contributed by atoms with Crippen LogP contribution in [0.3, 0.4) is 0 Å². The topological polar surface area (TPSA) is 62.2 Å². The van der Waals surface area contributed by atoms with Gasteiger partial charge in [0.05, 0.1) is 17.0 Å². The fraction of sp³-hybridized carbons (Fsp3) is 0.500. The zero-order valence-electron chi connectivity index (χ0n) is 10.7. The molecule has 1 aromatic rings. The maximum absolute atomic E-state index is 13.7. The van der Waals surface area contributed by atoms with Crippen molar-refractivity contribution in [1.29, 1.82) is 0 Å². The van der Waals surface area contributed by atoms with Crippen molar-refractivity contribution in [3.8, 4) is 0 Å². The molecule has 1 heterocycles. The second-order valence-electron chi connectivity index (χ2n) is 4.79. The molecule has 0 bridgehead atoms. The molecule has 1 saturated carbocycles. The third kappa shape index (κ3) is 2.57. The maximum atomic E-state index is 13.7. The van der Waals surface area contributed by atoms with Crippen LogP contribution in [0.2, 0.25) is 0 Å². The number of hydrogen-bond acceptors (Lipinski definition) is 3. The second-order valence-corrected chi connectivity index (χ2v) is 4.79. The number of carbonyl (C=O) groups is 1. The van der Waals surface area contributed by atoms with Crippen molar-refractivity contribution in [2.24, 2.45) is 0 Å². The van der Waals surface area contributed by atoms with Crippen LogP contribution in [0.4, 0.5) is 22.0 Å². The molecule has 21 heavy (non-hydrogen) atoms. The number of pyridine rings is 1. The number of aromatic carboxylic acids is 1. The maximum Gasteiger partial charge on any atom is 0.418 e. The lowest BCUT2D eigenvalue weighted by molar-refractivity contribution is -0.144. The van der Waals surface area contributed by atoms with Gasteiger partial charge in [0.2, 0.25) is 0 Å². The largest absolute Gasteiger partial charge is 0.478 e. The second kappa shape index (κ2) is 4.90. The van der Waals surface area contributed by atoms with Gasteiger partial charge in [-0.05, 0) is 12.6 Å². The Labute approximate surface area is 116 Å². The SMILES string of the molecule is CNC1CC(F)(F)C1c1c(C(=O)O)cncc1C(F)(F)F. The van der Waals surface area contributed by atoms with Gasteiger partial charge in [-0.15, -0.1) is 0 Å². The van der Waals surface area contributed by atoms with Crippen molar-refractivity contribution in [2.75, 3.05) is 7.05 Å². The van der Waals surface area contributed by atoms with Crippen molar-refractivity contribution in [1.82, 2.24) is 10.3 Å². The first-order valence-corrected chi connectivity index (χ1v) is 5.93. The van der Waals surface area contributed by atoms with E-state index in [0.29, 0.717) is 12.4 Å². The van der Waals surface area contributed by atoms with Gasteiger partial charge in [-0.3, -0.25) is 4.98 Å². The molecule has 116 valence electrons. The molecule has 0 aromatic carbocycles. The molecule has 1 aliphatic rings. The molecule has 9 heteroatoms. The van der Waals surface area contributed by atoms with Gasteiger partial charge in [-0.2, -0.15) is 13.2 Å². The minimum absolute atomic E-state index is 0.378. The summed E-state index contributed by atoms with van der Waals surface area (Å²) in [5.41, 5.74) is -3.21. The number of nitrogens with one attached hydrogen (secondary N) is 1. The monoisotopic (exact) mass is 310 g/mol. The predicted molar refractivity (Wildman–Crippen MR) is 61.4 cm³/mol. The van der Waals surface area contributed by atoms with Crippen LogP contribution in [0.25, 0.3) is 0 Å².